The lowest BCUT2D eigenvalue weighted by atomic mass is 9.68. The molecule has 2 heterocycles. The summed E-state index contributed by atoms with van der Waals surface area (Å²) in [7, 11) is 0. The van der Waals surface area contributed by atoms with Crippen molar-refractivity contribution in [2.24, 2.45) is 5.92 Å². The van der Waals surface area contributed by atoms with Crippen molar-refractivity contribution in [3.63, 3.8) is 0 Å². The summed E-state index contributed by atoms with van der Waals surface area (Å²) in [5.41, 5.74) is 0.831. The molecule has 1 N–H and O–H groups in total. The molecule has 4 rings (SSSR count). The Bertz CT molecular complexity index is 630. The first kappa shape index (κ1) is 15.7. The number of hydrogen-bond acceptors (Lipinski definition) is 2. The molecule has 4 nitrogen and oxygen atoms in total. The Balaban J connectivity index is 1.47. The van der Waals surface area contributed by atoms with Gasteiger partial charge in [0.05, 0.1) is 0 Å². The molecule has 1 aliphatic carbocycles. The van der Waals surface area contributed by atoms with E-state index in [2.05, 4.69) is 10.2 Å². The number of carbonyl (C=O) groups excluding carboxylic acids is 2. The van der Waals surface area contributed by atoms with Crippen molar-refractivity contribution in [3.05, 3.63) is 35.9 Å². The number of nitrogens with zero attached hydrogens (tertiary/aromatic N) is 1. The van der Waals surface area contributed by atoms with Gasteiger partial charge in [0.15, 0.2) is 0 Å². The third-order valence-electron chi connectivity index (χ3n) is 6.40. The van der Waals surface area contributed by atoms with Gasteiger partial charge >= 0.3 is 0 Å². The van der Waals surface area contributed by atoms with E-state index in [1.807, 2.05) is 30.3 Å². The number of amides is 2. The lowest BCUT2D eigenvalue weighted by Gasteiger charge is -2.48. The van der Waals surface area contributed by atoms with Gasteiger partial charge in [0.25, 0.3) is 5.91 Å². The fourth-order valence-corrected chi connectivity index (χ4v) is 5.28. The normalized spacial score (nSPS) is 32.7. The molecule has 0 radical (unpaired) electrons. The maximum atomic E-state index is 12.4. The Morgan fingerprint density at radius 2 is 1.96 bits per heavy atom. The standard InChI is InChI=1S/C20H26N2O2/c23-18-9-4-8-16-14-17(10-12-20(16)11-5-13-22(18)20)21-19(24)15-6-2-1-3-7-15/h1-3,6-7,16-17H,4-5,8-14H2,(H,21,24)/t16-,17?,20+/m0/s1. The Kier molecular flexibility index (Phi) is 4.07. The number of benzene rings is 1. The largest absolute Gasteiger partial charge is 0.349 e. The van der Waals surface area contributed by atoms with Crippen molar-refractivity contribution in [2.75, 3.05) is 6.54 Å². The summed E-state index contributed by atoms with van der Waals surface area (Å²) in [4.78, 5) is 27.1. The molecule has 0 bridgehead atoms. The van der Waals surface area contributed by atoms with E-state index in [4.69, 9.17) is 0 Å². The van der Waals surface area contributed by atoms with Gasteiger partial charge in [0.2, 0.25) is 5.91 Å². The van der Waals surface area contributed by atoms with Gasteiger partial charge < -0.3 is 10.2 Å². The van der Waals surface area contributed by atoms with E-state index in [-0.39, 0.29) is 17.5 Å². The first-order valence-electron chi connectivity index (χ1n) is 9.35. The summed E-state index contributed by atoms with van der Waals surface area (Å²) >= 11 is 0. The number of nitrogens with one attached hydrogen (secondary N) is 1. The zero-order chi connectivity index (χ0) is 16.6. The van der Waals surface area contributed by atoms with Crippen molar-refractivity contribution in [2.45, 2.75) is 62.9 Å². The highest BCUT2D eigenvalue weighted by Gasteiger charge is 2.52. The van der Waals surface area contributed by atoms with E-state index in [1.165, 1.54) is 0 Å². The van der Waals surface area contributed by atoms with Gasteiger partial charge in [-0.2, -0.15) is 0 Å². The summed E-state index contributed by atoms with van der Waals surface area (Å²) in [5, 5.41) is 3.23. The lowest BCUT2D eigenvalue weighted by molar-refractivity contribution is -0.137. The Hall–Kier alpha value is -1.84. The molecule has 3 aliphatic rings. The molecule has 4 heteroatoms. The first-order chi connectivity index (χ1) is 11.7. The predicted octanol–water partition coefficient (Wildman–Crippen LogP) is 3.13. The summed E-state index contributed by atoms with van der Waals surface area (Å²) in [6.07, 6.45) is 8.18. The maximum absolute atomic E-state index is 12.4. The van der Waals surface area contributed by atoms with E-state index in [1.54, 1.807) is 0 Å². The van der Waals surface area contributed by atoms with E-state index in [0.29, 0.717) is 18.2 Å². The number of carbonyl (C=O) groups is 2. The van der Waals surface area contributed by atoms with Crippen LogP contribution in [0.15, 0.2) is 30.3 Å². The SMILES string of the molecule is O=C(NC1CC[C@@]23CCCN2C(=O)CCC[C@H]3C1)c1ccccc1. The molecule has 1 spiro atoms. The van der Waals surface area contributed by atoms with Crippen LogP contribution in [0.5, 0.6) is 0 Å². The number of rotatable bonds is 2. The van der Waals surface area contributed by atoms with Gasteiger partial charge in [-0.15, -0.1) is 0 Å². The minimum Gasteiger partial charge on any atom is -0.349 e. The molecule has 2 aliphatic heterocycles. The third kappa shape index (κ3) is 2.62. The van der Waals surface area contributed by atoms with Gasteiger partial charge in [0, 0.05) is 30.1 Å². The van der Waals surface area contributed by atoms with Crippen molar-refractivity contribution >= 4 is 11.8 Å². The molecule has 2 saturated heterocycles. The highest BCUT2D eigenvalue weighted by atomic mass is 16.2. The second-order valence-corrected chi connectivity index (χ2v) is 7.65. The maximum Gasteiger partial charge on any atom is 0.251 e. The van der Waals surface area contributed by atoms with E-state index >= 15 is 0 Å². The van der Waals surface area contributed by atoms with Gasteiger partial charge in [-0.1, -0.05) is 18.2 Å². The molecule has 1 unspecified atom stereocenters. The van der Waals surface area contributed by atoms with E-state index in [0.717, 1.165) is 57.1 Å². The molecule has 0 aromatic heterocycles. The van der Waals surface area contributed by atoms with Crippen LogP contribution < -0.4 is 5.32 Å². The topological polar surface area (TPSA) is 49.4 Å². The molecule has 1 aromatic rings. The van der Waals surface area contributed by atoms with Crippen molar-refractivity contribution in [1.82, 2.24) is 10.2 Å². The summed E-state index contributed by atoms with van der Waals surface area (Å²) < 4.78 is 0. The zero-order valence-electron chi connectivity index (χ0n) is 14.2. The van der Waals surface area contributed by atoms with Gasteiger partial charge in [-0.25, -0.2) is 0 Å². The van der Waals surface area contributed by atoms with Crippen LogP contribution >= 0.6 is 0 Å². The first-order valence-corrected chi connectivity index (χ1v) is 9.35. The highest BCUT2D eigenvalue weighted by molar-refractivity contribution is 5.94. The minimum absolute atomic E-state index is 0.0320. The second kappa shape index (κ2) is 6.23. The quantitative estimate of drug-likeness (QED) is 0.908. The van der Waals surface area contributed by atoms with E-state index in [9.17, 15) is 9.59 Å². The van der Waals surface area contributed by atoms with Gasteiger partial charge in [0.1, 0.15) is 0 Å². The summed E-state index contributed by atoms with van der Waals surface area (Å²) in [6, 6.07) is 9.70. The average Bonchev–Trinajstić information content (AvgIpc) is 2.97. The van der Waals surface area contributed by atoms with Crippen molar-refractivity contribution < 1.29 is 9.59 Å². The third-order valence-corrected chi connectivity index (χ3v) is 6.40. The Morgan fingerprint density at radius 1 is 1.12 bits per heavy atom. The highest BCUT2D eigenvalue weighted by Crippen LogP contribution is 2.49. The smallest absolute Gasteiger partial charge is 0.251 e. The Morgan fingerprint density at radius 3 is 2.79 bits per heavy atom. The fourth-order valence-electron chi connectivity index (χ4n) is 5.28. The van der Waals surface area contributed by atoms with Crippen molar-refractivity contribution in [3.8, 4) is 0 Å². The molecular weight excluding hydrogens is 300 g/mol. The monoisotopic (exact) mass is 326 g/mol. The van der Waals surface area contributed by atoms with Crippen LogP contribution in [0.4, 0.5) is 0 Å². The van der Waals surface area contributed by atoms with Gasteiger partial charge in [-0.3, -0.25) is 9.59 Å². The van der Waals surface area contributed by atoms with Crippen LogP contribution in [0.25, 0.3) is 0 Å². The number of hydrogen-bond donors (Lipinski definition) is 1. The van der Waals surface area contributed by atoms with Gasteiger partial charge in [-0.05, 0) is 63.0 Å². The lowest BCUT2D eigenvalue weighted by Crippen LogP contribution is -2.56. The van der Waals surface area contributed by atoms with Crippen LogP contribution in [0.3, 0.4) is 0 Å². The average molecular weight is 326 g/mol. The summed E-state index contributed by atoms with van der Waals surface area (Å²) in [6.45, 7) is 0.941. The van der Waals surface area contributed by atoms with Crippen LogP contribution in [-0.4, -0.2) is 34.8 Å². The van der Waals surface area contributed by atoms with Crippen LogP contribution in [-0.2, 0) is 4.79 Å². The molecule has 3 fully saturated rings. The molecule has 3 atom stereocenters. The van der Waals surface area contributed by atoms with Crippen molar-refractivity contribution in [1.29, 1.82) is 0 Å². The minimum atomic E-state index is 0.0320. The molecule has 128 valence electrons. The second-order valence-electron chi connectivity index (χ2n) is 7.65. The van der Waals surface area contributed by atoms with E-state index < -0.39 is 0 Å². The molecular formula is C20H26N2O2. The molecule has 2 amide bonds. The summed E-state index contributed by atoms with van der Waals surface area (Å²) in [5.74, 6) is 0.938. The molecule has 1 saturated carbocycles. The fraction of sp³-hybridized carbons (Fsp3) is 0.600. The zero-order valence-corrected chi connectivity index (χ0v) is 14.2. The van der Waals surface area contributed by atoms with Crippen LogP contribution in [0, 0.1) is 5.92 Å². The van der Waals surface area contributed by atoms with Crippen LogP contribution in [0.1, 0.15) is 61.7 Å². The Labute approximate surface area is 143 Å². The molecule has 1 aromatic carbocycles. The molecule has 24 heavy (non-hydrogen) atoms. The van der Waals surface area contributed by atoms with Crippen LogP contribution in [0.2, 0.25) is 0 Å². The predicted molar refractivity (Wildman–Crippen MR) is 92.6 cm³/mol.